The zero-order valence-electron chi connectivity index (χ0n) is 12.3. The lowest BCUT2D eigenvalue weighted by molar-refractivity contribution is 0.129. The lowest BCUT2D eigenvalue weighted by atomic mass is 10.1. The van der Waals surface area contributed by atoms with E-state index in [1.165, 1.54) is 0 Å². The van der Waals surface area contributed by atoms with Crippen LogP contribution in [0.3, 0.4) is 0 Å². The highest BCUT2D eigenvalue weighted by molar-refractivity contribution is 7.89. The summed E-state index contributed by atoms with van der Waals surface area (Å²) < 4.78 is 32.9. The number of rotatable bonds is 4. The van der Waals surface area contributed by atoms with Crippen molar-refractivity contribution < 1.29 is 13.2 Å². The summed E-state index contributed by atoms with van der Waals surface area (Å²) in [5, 5.41) is -0.159. The Morgan fingerprint density at radius 1 is 1.00 bits per heavy atom. The van der Waals surface area contributed by atoms with Gasteiger partial charge in [-0.05, 0) is 37.8 Å². The van der Waals surface area contributed by atoms with Crippen LogP contribution in [0.1, 0.15) is 38.5 Å². The summed E-state index contributed by atoms with van der Waals surface area (Å²) in [5.74, 6) is 0.822. The molecular weight excluding hydrogens is 286 g/mol. The average molecular weight is 309 g/mol. The number of para-hydroxylation sites is 1. The predicted octanol–water partition coefficient (Wildman–Crippen LogP) is 2.80. The molecule has 0 aromatic heterocycles. The van der Waals surface area contributed by atoms with Gasteiger partial charge < -0.3 is 4.74 Å². The standard InChI is InChI=1S/C16H23NO3S/c18-21(19,16-10-4-5-11-16)17-12-6-9-15(13-17)20-14-7-2-1-3-8-14/h1-3,7-8,15-16H,4-6,9-13H2. The van der Waals surface area contributed by atoms with Crippen LogP contribution in [-0.2, 0) is 10.0 Å². The van der Waals surface area contributed by atoms with E-state index in [2.05, 4.69) is 0 Å². The Balaban J connectivity index is 1.65. The summed E-state index contributed by atoms with van der Waals surface area (Å²) in [6, 6.07) is 9.66. The van der Waals surface area contributed by atoms with E-state index in [0.717, 1.165) is 44.3 Å². The smallest absolute Gasteiger partial charge is 0.217 e. The SMILES string of the molecule is O=S(=O)(C1CCCC1)N1CCCC(Oc2ccccc2)C1. The molecule has 1 aromatic rings. The Labute approximate surface area is 127 Å². The first-order chi connectivity index (χ1) is 10.2. The molecule has 3 rings (SSSR count). The molecular formula is C16H23NO3S. The predicted molar refractivity (Wildman–Crippen MR) is 82.8 cm³/mol. The van der Waals surface area contributed by atoms with E-state index in [1.807, 2.05) is 30.3 Å². The molecule has 4 nitrogen and oxygen atoms in total. The fourth-order valence-electron chi connectivity index (χ4n) is 3.32. The third-order valence-corrected chi connectivity index (χ3v) is 6.84. The highest BCUT2D eigenvalue weighted by atomic mass is 32.2. The fraction of sp³-hybridized carbons (Fsp3) is 0.625. The normalized spacial score (nSPS) is 25.0. The summed E-state index contributed by atoms with van der Waals surface area (Å²) in [5.41, 5.74) is 0. The molecule has 0 radical (unpaired) electrons. The minimum atomic E-state index is -3.13. The van der Waals surface area contributed by atoms with Crippen LogP contribution in [0.4, 0.5) is 0 Å². The quantitative estimate of drug-likeness (QED) is 0.859. The second-order valence-electron chi connectivity index (χ2n) is 6.00. The molecule has 116 valence electrons. The highest BCUT2D eigenvalue weighted by Crippen LogP contribution is 2.29. The van der Waals surface area contributed by atoms with Crippen molar-refractivity contribution in [2.24, 2.45) is 0 Å². The second-order valence-corrected chi connectivity index (χ2v) is 8.22. The monoisotopic (exact) mass is 309 g/mol. The van der Waals surface area contributed by atoms with Crippen molar-refractivity contribution in [1.29, 1.82) is 0 Å². The van der Waals surface area contributed by atoms with E-state index >= 15 is 0 Å². The van der Waals surface area contributed by atoms with Crippen molar-refractivity contribution in [1.82, 2.24) is 4.31 Å². The van der Waals surface area contributed by atoms with Crippen molar-refractivity contribution in [2.75, 3.05) is 13.1 Å². The summed E-state index contributed by atoms with van der Waals surface area (Å²) in [7, 11) is -3.13. The van der Waals surface area contributed by atoms with Crippen molar-refractivity contribution in [3.05, 3.63) is 30.3 Å². The van der Waals surface area contributed by atoms with Gasteiger partial charge in [-0.1, -0.05) is 31.0 Å². The Morgan fingerprint density at radius 3 is 2.43 bits per heavy atom. The molecule has 2 aliphatic rings. The first-order valence-corrected chi connectivity index (χ1v) is 9.37. The number of hydrogen-bond donors (Lipinski definition) is 0. The van der Waals surface area contributed by atoms with Crippen LogP contribution >= 0.6 is 0 Å². The van der Waals surface area contributed by atoms with Crippen LogP contribution in [0.15, 0.2) is 30.3 Å². The van der Waals surface area contributed by atoms with Gasteiger partial charge in [0.15, 0.2) is 0 Å². The maximum absolute atomic E-state index is 12.7. The van der Waals surface area contributed by atoms with E-state index in [0.29, 0.717) is 13.1 Å². The van der Waals surface area contributed by atoms with E-state index in [-0.39, 0.29) is 11.4 Å². The molecule has 1 saturated heterocycles. The molecule has 1 aliphatic heterocycles. The molecule has 0 amide bonds. The molecule has 0 N–H and O–H groups in total. The first kappa shape index (κ1) is 14.9. The number of benzene rings is 1. The van der Waals surface area contributed by atoms with Crippen LogP contribution in [0.2, 0.25) is 0 Å². The van der Waals surface area contributed by atoms with Gasteiger partial charge in [0.1, 0.15) is 11.9 Å². The van der Waals surface area contributed by atoms with Gasteiger partial charge in [0.05, 0.1) is 11.8 Å². The number of sulfonamides is 1. The van der Waals surface area contributed by atoms with Crippen LogP contribution in [-0.4, -0.2) is 37.2 Å². The highest BCUT2D eigenvalue weighted by Gasteiger charge is 2.37. The van der Waals surface area contributed by atoms with Crippen molar-refractivity contribution in [3.63, 3.8) is 0 Å². The summed E-state index contributed by atoms with van der Waals surface area (Å²) in [6.45, 7) is 1.14. The Bertz CT molecular complexity index is 552. The number of ether oxygens (including phenoxy) is 1. The molecule has 1 saturated carbocycles. The van der Waals surface area contributed by atoms with Crippen molar-refractivity contribution in [3.8, 4) is 5.75 Å². The number of hydrogen-bond acceptors (Lipinski definition) is 3. The Morgan fingerprint density at radius 2 is 1.71 bits per heavy atom. The van der Waals surface area contributed by atoms with Crippen molar-refractivity contribution >= 4 is 10.0 Å². The Hall–Kier alpha value is -1.07. The molecule has 5 heteroatoms. The number of nitrogens with zero attached hydrogens (tertiary/aromatic N) is 1. The van der Waals surface area contributed by atoms with Gasteiger partial charge in [0, 0.05) is 6.54 Å². The van der Waals surface area contributed by atoms with Gasteiger partial charge in [-0.25, -0.2) is 8.42 Å². The lowest BCUT2D eigenvalue weighted by Gasteiger charge is -2.33. The minimum Gasteiger partial charge on any atom is -0.489 e. The van der Waals surface area contributed by atoms with Crippen LogP contribution in [0.25, 0.3) is 0 Å². The maximum atomic E-state index is 12.7. The molecule has 0 spiro atoms. The Kier molecular flexibility index (Phi) is 4.50. The van der Waals surface area contributed by atoms with Gasteiger partial charge >= 0.3 is 0 Å². The summed E-state index contributed by atoms with van der Waals surface area (Å²) in [6.07, 6.45) is 5.50. The second kappa shape index (κ2) is 6.36. The average Bonchev–Trinajstić information content (AvgIpc) is 3.04. The molecule has 1 aliphatic carbocycles. The molecule has 0 bridgehead atoms. The van der Waals surface area contributed by atoms with E-state index in [4.69, 9.17) is 4.74 Å². The third kappa shape index (κ3) is 3.40. The zero-order valence-corrected chi connectivity index (χ0v) is 13.1. The molecule has 1 heterocycles. The van der Waals surface area contributed by atoms with E-state index in [9.17, 15) is 8.42 Å². The molecule has 1 atom stereocenters. The molecule has 2 fully saturated rings. The van der Waals surface area contributed by atoms with Crippen LogP contribution in [0, 0.1) is 0 Å². The van der Waals surface area contributed by atoms with Gasteiger partial charge in [-0.3, -0.25) is 0 Å². The number of piperidine rings is 1. The topological polar surface area (TPSA) is 46.6 Å². The van der Waals surface area contributed by atoms with Crippen molar-refractivity contribution in [2.45, 2.75) is 49.9 Å². The van der Waals surface area contributed by atoms with E-state index in [1.54, 1.807) is 4.31 Å². The minimum absolute atomic E-state index is 0.0303. The third-order valence-electron chi connectivity index (χ3n) is 4.47. The summed E-state index contributed by atoms with van der Waals surface area (Å²) >= 11 is 0. The van der Waals surface area contributed by atoms with E-state index < -0.39 is 10.0 Å². The van der Waals surface area contributed by atoms with Gasteiger partial charge in [0.2, 0.25) is 10.0 Å². The maximum Gasteiger partial charge on any atom is 0.217 e. The van der Waals surface area contributed by atoms with Gasteiger partial charge in [-0.2, -0.15) is 4.31 Å². The summed E-state index contributed by atoms with van der Waals surface area (Å²) in [4.78, 5) is 0. The lowest BCUT2D eigenvalue weighted by Crippen LogP contribution is -2.47. The van der Waals surface area contributed by atoms with Gasteiger partial charge in [0.25, 0.3) is 0 Å². The zero-order chi connectivity index (χ0) is 14.7. The van der Waals surface area contributed by atoms with Crippen LogP contribution in [0.5, 0.6) is 5.75 Å². The first-order valence-electron chi connectivity index (χ1n) is 7.87. The van der Waals surface area contributed by atoms with Crippen LogP contribution < -0.4 is 4.74 Å². The molecule has 21 heavy (non-hydrogen) atoms. The molecule has 1 unspecified atom stereocenters. The molecule has 1 aromatic carbocycles. The fourth-order valence-corrected chi connectivity index (χ4v) is 5.43. The van der Waals surface area contributed by atoms with Gasteiger partial charge in [-0.15, -0.1) is 0 Å². The largest absolute Gasteiger partial charge is 0.489 e.